The number of carbonyl (C=O) groups is 1. The first-order valence-corrected chi connectivity index (χ1v) is 14.8. The Morgan fingerprint density at radius 2 is 1.64 bits per heavy atom. The first-order valence-electron chi connectivity index (χ1n) is 14.8. The van der Waals surface area contributed by atoms with Gasteiger partial charge in [0.05, 0.1) is 24.3 Å². The number of rotatable bonds is 8. The summed E-state index contributed by atoms with van der Waals surface area (Å²) in [5, 5.41) is 3.78. The zero-order valence-electron chi connectivity index (χ0n) is 25.0. The fourth-order valence-corrected chi connectivity index (χ4v) is 5.85. The minimum Gasteiger partial charge on any atom is -0.441 e. The van der Waals surface area contributed by atoms with Gasteiger partial charge in [-0.3, -0.25) is 4.79 Å². The van der Waals surface area contributed by atoms with E-state index in [1.54, 1.807) is 6.07 Å². The number of halogens is 2. The molecule has 6 rings (SSSR count). The van der Waals surface area contributed by atoms with Crippen LogP contribution in [0.1, 0.15) is 37.5 Å². The number of carbonyl (C=O) groups excluding carboxylic acids is 1. The second kappa shape index (κ2) is 12.1. The van der Waals surface area contributed by atoms with Crippen LogP contribution in [0.5, 0.6) is 11.6 Å². The molecule has 4 aromatic carbocycles. The normalized spacial score (nSPS) is 13.7. The number of fused-ring (bicyclic) bond motifs is 1. The number of aromatic nitrogens is 1. The standard InChI is InChI=1S/C36H35F2N3O3/c1-23(42)40-36(2,3)26-10-12-28(13-11-26)44-35-30(19-24-7-5-4-6-8-24)29-20-25(9-14-33(29)39-35)34-31(37)21-27(22-32(34)38)41-15-17-43-18-16-41/h4-14,20-22,39H,15-19H2,1-3H3,(H,40,42). The van der Waals surface area contributed by atoms with Crippen molar-refractivity contribution in [3.05, 3.63) is 113 Å². The van der Waals surface area contributed by atoms with Crippen molar-refractivity contribution in [2.75, 3.05) is 31.2 Å². The molecule has 0 radical (unpaired) electrons. The molecule has 226 valence electrons. The van der Waals surface area contributed by atoms with Crippen LogP contribution >= 0.6 is 0 Å². The smallest absolute Gasteiger partial charge is 0.217 e. The molecule has 1 aliphatic heterocycles. The molecule has 1 fully saturated rings. The van der Waals surface area contributed by atoms with Crippen LogP contribution in [-0.2, 0) is 21.5 Å². The number of nitrogens with zero attached hydrogens (tertiary/aromatic N) is 1. The van der Waals surface area contributed by atoms with Crippen LogP contribution in [0.4, 0.5) is 14.5 Å². The molecule has 1 saturated heterocycles. The summed E-state index contributed by atoms with van der Waals surface area (Å²) in [6, 6.07) is 25.8. The van der Waals surface area contributed by atoms with Gasteiger partial charge in [-0.2, -0.15) is 0 Å². The van der Waals surface area contributed by atoms with Crippen molar-refractivity contribution in [2.24, 2.45) is 0 Å². The first-order chi connectivity index (χ1) is 21.2. The highest BCUT2D eigenvalue weighted by Crippen LogP contribution is 2.38. The number of hydrogen-bond donors (Lipinski definition) is 2. The number of amides is 1. The monoisotopic (exact) mass is 595 g/mol. The molecule has 0 saturated carbocycles. The topological polar surface area (TPSA) is 66.6 Å². The van der Waals surface area contributed by atoms with Gasteiger partial charge in [0.15, 0.2) is 0 Å². The maximum absolute atomic E-state index is 15.5. The van der Waals surface area contributed by atoms with Gasteiger partial charge in [-0.25, -0.2) is 8.78 Å². The fourth-order valence-electron chi connectivity index (χ4n) is 5.85. The van der Waals surface area contributed by atoms with Gasteiger partial charge in [0.1, 0.15) is 17.4 Å². The van der Waals surface area contributed by atoms with E-state index >= 15 is 8.78 Å². The quantitative estimate of drug-likeness (QED) is 0.193. The van der Waals surface area contributed by atoms with Gasteiger partial charge in [0.25, 0.3) is 0 Å². The fraction of sp³-hybridized carbons (Fsp3) is 0.250. The Labute approximate surface area is 255 Å². The van der Waals surface area contributed by atoms with Crippen molar-refractivity contribution in [1.29, 1.82) is 0 Å². The van der Waals surface area contributed by atoms with E-state index in [4.69, 9.17) is 9.47 Å². The number of morpholine rings is 1. The van der Waals surface area contributed by atoms with Crippen LogP contribution in [0.2, 0.25) is 0 Å². The molecule has 2 N–H and O–H groups in total. The van der Waals surface area contributed by atoms with E-state index < -0.39 is 17.2 Å². The molecule has 6 nitrogen and oxygen atoms in total. The zero-order valence-corrected chi connectivity index (χ0v) is 25.0. The summed E-state index contributed by atoms with van der Waals surface area (Å²) in [5.74, 6) is -0.150. The summed E-state index contributed by atoms with van der Waals surface area (Å²) in [4.78, 5) is 17.0. The van der Waals surface area contributed by atoms with Crippen LogP contribution in [-0.4, -0.2) is 37.2 Å². The van der Waals surface area contributed by atoms with Gasteiger partial charge >= 0.3 is 0 Å². The second-order valence-electron chi connectivity index (χ2n) is 11.7. The summed E-state index contributed by atoms with van der Waals surface area (Å²) >= 11 is 0. The van der Waals surface area contributed by atoms with Crippen LogP contribution in [0, 0.1) is 11.6 Å². The molecule has 5 aromatic rings. The second-order valence-corrected chi connectivity index (χ2v) is 11.7. The van der Waals surface area contributed by atoms with Gasteiger partial charge in [-0.15, -0.1) is 0 Å². The van der Waals surface area contributed by atoms with E-state index in [1.807, 2.05) is 85.5 Å². The number of nitrogens with one attached hydrogen (secondary N) is 2. The van der Waals surface area contributed by atoms with Gasteiger partial charge < -0.3 is 24.7 Å². The van der Waals surface area contributed by atoms with Gasteiger partial charge in [0, 0.05) is 48.6 Å². The van der Waals surface area contributed by atoms with Crippen molar-refractivity contribution >= 4 is 22.5 Å². The third-order valence-electron chi connectivity index (χ3n) is 8.07. The Hall–Kier alpha value is -4.69. The molecule has 2 heterocycles. The summed E-state index contributed by atoms with van der Waals surface area (Å²) in [6.07, 6.45) is 0.550. The molecule has 8 heteroatoms. The predicted molar refractivity (Wildman–Crippen MR) is 169 cm³/mol. The average Bonchev–Trinajstić information content (AvgIpc) is 3.33. The number of aromatic amines is 1. The van der Waals surface area contributed by atoms with E-state index in [0.29, 0.717) is 55.6 Å². The maximum Gasteiger partial charge on any atom is 0.217 e. The van der Waals surface area contributed by atoms with Crippen molar-refractivity contribution in [2.45, 2.75) is 32.7 Å². The average molecular weight is 596 g/mol. The van der Waals surface area contributed by atoms with E-state index in [1.165, 1.54) is 19.1 Å². The molecule has 1 aromatic heterocycles. The van der Waals surface area contributed by atoms with Crippen molar-refractivity contribution < 1.29 is 23.0 Å². The third kappa shape index (κ3) is 6.17. The molecule has 0 spiro atoms. The molecule has 0 unspecified atom stereocenters. The Kier molecular flexibility index (Phi) is 8.10. The first kappa shape index (κ1) is 29.4. The maximum atomic E-state index is 15.5. The van der Waals surface area contributed by atoms with E-state index in [0.717, 1.165) is 27.6 Å². The summed E-state index contributed by atoms with van der Waals surface area (Å²) in [7, 11) is 0. The highest BCUT2D eigenvalue weighted by molar-refractivity contribution is 5.91. The van der Waals surface area contributed by atoms with E-state index in [9.17, 15) is 4.79 Å². The highest BCUT2D eigenvalue weighted by Gasteiger charge is 2.23. The highest BCUT2D eigenvalue weighted by atomic mass is 19.1. The van der Waals surface area contributed by atoms with Crippen molar-refractivity contribution in [1.82, 2.24) is 10.3 Å². The molecule has 0 atom stereocenters. The number of ether oxygens (including phenoxy) is 2. The third-order valence-corrected chi connectivity index (χ3v) is 8.07. The lowest BCUT2D eigenvalue weighted by Crippen LogP contribution is -2.39. The van der Waals surface area contributed by atoms with Crippen LogP contribution in [0.15, 0.2) is 84.9 Å². The number of H-pyrrole nitrogens is 1. The largest absolute Gasteiger partial charge is 0.441 e. The van der Waals surface area contributed by atoms with Crippen molar-refractivity contribution in [3.8, 4) is 22.8 Å². The van der Waals surface area contributed by atoms with E-state index in [2.05, 4.69) is 10.3 Å². The Bertz CT molecular complexity index is 1770. The molecule has 1 aliphatic rings. The molecule has 1 amide bonds. The Morgan fingerprint density at radius 1 is 0.955 bits per heavy atom. The summed E-state index contributed by atoms with van der Waals surface area (Å²) < 4.78 is 42.8. The molecular formula is C36H35F2N3O3. The van der Waals surface area contributed by atoms with Gasteiger partial charge in [-0.1, -0.05) is 48.5 Å². The lowest BCUT2D eigenvalue weighted by Gasteiger charge is -2.29. The molecule has 44 heavy (non-hydrogen) atoms. The predicted octanol–water partition coefficient (Wildman–Crippen LogP) is 7.70. The SMILES string of the molecule is CC(=O)NC(C)(C)c1ccc(Oc2[nH]c3ccc(-c4c(F)cc(N5CCOCC5)cc4F)cc3c2Cc2ccccc2)cc1. The van der Waals surface area contributed by atoms with Crippen LogP contribution < -0.4 is 15.0 Å². The minimum atomic E-state index is -0.607. The minimum absolute atomic E-state index is 0.0596. The van der Waals surface area contributed by atoms with Crippen LogP contribution in [0.25, 0.3) is 22.0 Å². The molecular weight excluding hydrogens is 560 g/mol. The molecule has 0 bridgehead atoms. The number of anilines is 1. The van der Waals surface area contributed by atoms with Crippen LogP contribution in [0.3, 0.4) is 0 Å². The number of hydrogen-bond acceptors (Lipinski definition) is 4. The summed E-state index contributed by atoms with van der Waals surface area (Å²) in [6.45, 7) is 7.63. The van der Waals surface area contributed by atoms with Gasteiger partial charge in [0.2, 0.25) is 11.8 Å². The lowest BCUT2D eigenvalue weighted by atomic mass is 9.94. The Morgan fingerprint density at radius 3 is 2.30 bits per heavy atom. The molecule has 0 aliphatic carbocycles. The Balaban J connectivity index is 1.37. The number of benzene rings is 4. The lowest BCUT2D eigenvalue weighted by molar-refractivity contribution is -0.120. The van der Waals surface area contributed by atoms with Crippen molar-refractivity contribution in [3.63, 3.8) is 0 Å². The van der Waals surface area contributed by atoms with E-state index in [-0.39, 0.29) is 11.5 Å². The zero-order chi connectivity index (χ0) is 30.8. The summed E-state index contributed by atoms with van der Waals surface area (Å²) in [5.41, 5.74) is 4.05. The van der Waals surface area contributed by atoms with Gasteiger partial charge in [-0.05, 0) is 66.9 Å².